The zero-order valence-electron chi connectivity index (χ0n) is 15.0. The summed E-state index contributed by atoms with van der Waals surface area (Å²) in [5, 5.41) is 7.22. The summed E-state index contributed by atoms with van der Waals surface area (Å²) in [5.74, 6) is -0.743. The molecule has 1 N–H and O–H groups in total. The fourth-order valence-corrected chi connectivity index (χ4v) is 2.83. The molecule has 0 fully saturated rings. The van der Waals surface area contributed by atoms with Crippen LogP contribution in [0.4, 0.5) is 10.1 Å². The number of nitrogens with one attached hydrogen (secondary N) is 1. The second kappa shape index (κ2) is 7.40. The van der Waals surface area contributed by atoms with Gasteiger partial charge in [-0.2, -0.15) is 5.10 Å². The number of amides is 1. The van der Waals surface area contributed by atoms with E-state index < -0.39 is 0 Å². The van der Waals surface area contributed by atoms with Gasteiger partial charge in [-0.15, -0.1) is 0 Å². The van der Waals surface area contributed by atoms with Crippen molar-refractivity contribution < 1.29 is 9.18 Å². The summed E-state index contributed by atoms with van der Waals surface area (Å²) in [6.07, 6.45) is 3.37. The Kier molecular flexibility index (Phi) is 4.63. The number of pyridine rings is 2. The van der Waals surface area contributed by atoms with Gasteiger partial charge in [0.2, 0.25) is 0 Å². The van der Waals surface area contributed by atoms with E-state index >= 15 is 0 Å². The van der Waals surface area contributed by atoms with Crippen LogP contribution < -0.4 is 5.32 Å². The maximum absolute atomic E-state index is 13.5. The third-order valence-corrected chi connectivity index (χ3v) is 4.09. The lowest BCUT2D eigenvalue weighted by Gasteiger charge is -2.07. The van der Waals surface area contributed by atoms with Gasteiger partial charge in [-0.3, -0.25) is 14.5 Å². The van der Waals surface area contributed by atoms with Crippen LogP contribution in [0, 0.1) is 5.82 Å². The number of anilines is 1. The van der Waals surface area contributed by atoms with Crippen LogP contribution in [0.5, 0.6) is 0 Å². The molecule has 0 spiro atoms. The molecular formula is C21H16FN5O. The Morgan fingerprint density at radius 1 is 1.04 bits per heavy atom. The van der Waals surface area contributed by atoms with Crippen molar-refractivity contribution in [3.8, 4) is 22.6 Å². The molecular weight excluding hydrogens is 357 g/mol. The summed E-state index contributed by atoms with van der Waals surface area (Å²) in [6.45, 7) is 0. The number of carbonyl (C=O) groups is 1. The molecule has 7 heteroatoms. The Bertz CT molecular complexity index is 1140. The highest BCUT2D eigenvalue weighted by atomic mass is 19.1. The van der Waals surface area contributed by atoms with E-state index in [4.69, 9.17) is 0 Å². The Morgan fingerprint density at radius 3 is 2.64 bits per heavy atom. The van der Waals surface area contributed by atoms with Gasteiger partial charge in [0.25, 0.3) is 5.91 Å². The summed E-state index contributed by atoms with van der Waals surface area (Å²) in [6, 6.07) is 16.6. The molecule has 1 aromatic carbocycles. The molecule has 0 aliphatic rings. The lowest BCUT2D eigenvalue weighted by Crippen LogP contribution is -2.14. The van der Waals surface area contributed by atoms with Crippen LogP contribution in [0.25, 0.3) is 22.6 Å². The van der Waals surface area contributed by atoms with Gasteiger partial charge in [0.05, 0.1) is 17.1 Å². The van der Waals surface area contributed by atoms with Crippen molar-refractivity contribution in [2.24, 2.45) is 7.05 Å². The van der Waals surface area contributed by atoms with Crippen LogP contribution in [-0.2, 0) is 7.05 Å². The number of rotatable bonds is 4. The van der Waals surface area contributed by atoms with Gasteiger partial charge in [0.15, 0.2) is 0 Å². The molecule has 1 amide bonds. The monoisotopic (exact) mass is 373 g/mol. The Labute approximate surface area is 160 Å². The van der Waals surface area contributed by atoms with Crippen LogP contribution >= 0.6 is 0 Å². The second-order valence-electron chi connectivity index (χ2n) is 6.15. The number of benzene rings is 1. The van der Waals surface area contributed by atoms with Crippen molar-refractivity contribution in [1.82, 2.24) is 19.7 Å². The first-order valence-corrected chi connectivity index (χ1v) is 8.59. The van der Waals surface area contributed by atoms with E-state index in [2.05, 4.69) is 20.4 Å². The van der Waals surface area contributed by atoms with Crippen LogP contribution in [-0.4, -0.2) is 25.7 Å². The lowest BCUT2D eigenvalue weighted by atomic mass is 10.1. The molecule has 4 rings (SSSR count). The molecule has 28 heavy (non-hydrogen) atoms. The molecule has 0 aliphatic carbocycles. The third kappa shape index (κ3) is 3.64. The molecule has 0 saturated heterocycles. The predicted octanol–water partition coefficient (Wildman–Crippen LogP) is 3.94. The standard InChI is InChI=1S/C21H16FN5O/c1-27-13-19(20(26-27)17-8-2-3-11-23-17)25-21(28)18-10-5-9-16(24-18)14-6-4-7-15(22)12-14/h2-13H,1H3,(H,25,28). The molecule has 0 aliphatic heterocycles. The first-order valence-electron chi connectivity index (χ1n) is 8.59. The van der Waals surface area contributed by atoms with E-state index in [1.165, 1.54) is 12.1 Å². The van der Waals surface area contributed by atoms with Gasteiger partial charge < -0.3 is 5.32 Å². The van der Waals surface area contributed by atoms with Crippen LogP contribution in [0.1, 0.15) is 10.5 Å². The lowest BCUT2D eigenvalue weighted by molar-refractivity contribution is 0.102. The normalized spacial score (nSPS) is 10.6. The van der Waals surface area contributed by atoms with Crippen molar-refractivity contribution >= 4 is 11.6 Å². The second-order valence-corrected chi connectivity index (χ2v) is 6.15. The average Bonchev–Trinajstić information content (AvgIpc) is 3.09. The number of aryl methyl sites for hydroxylation is 1. The van der Waals surface area contributed by atoms with Crippen molar-refractivity contribution in [1.29, 1.82) is 0 Å². The van der Waals surface area contributed by atoms with E-state index in [0.29, 0.717) is 28.3 Å². The highest BCUT2D eigenvalue weighted by Gasteiger charge is 2.16. The smallest absolute Gasteiger partial charge is 0.274 e. The number of carbonyl (C=O) groups excluding carboxylic acids is 1. The molecule has 138 valence electrons. The first-order chi connectivity index (χ1) is 13.6. The van der Waals surface area contributed by atoms with Crippen LogP contribution in [0.3, 0.4) is 0 Å². The van der Waals surface area contributed by atoms with E-state index in [0.717, 1.165) is 0 Å². The SMILES string of the molecule is Cn1cc(NC(=O)c2cccc(-c3cccc(F)c3)n2)c(-c2ccccn2)n1. The Balaban J connectivity index is 1.63. The summed E-state index contributed by atoms with van der Waals surface area (Å²) >= 11 is 0. The number of nitrogens with zero attached hydrogens (tertiary/aromatic N) is 4. The van der Waals surface area contributed by atoms with Gasteiger partial charge in [0, 0.05) is 25.0 Å². The molecule has 0 radical (unpaired) electrons. The fourth-order valence-electron chi connectivity index (χ4n) is 2.83. The molecule has 0 bridgehead atoms. The Morgan fingerprint density at radius 2 is 1.86 bits per heavy atom. The maximum Gasteiger partial charge on any atom is 0.274 e. The molecule has 0 saturated carbocycles. The zero-order valence-corrected chi connectivity index (χ0v) is 15.0. The van der Waals surface area contributed by atoms with Crippen molar-refractivity contribution in [3.63, 3.8) is 0 Å². The van der Waals surface area contributed by atoms with E-state index in [1.54, 1.807) is 54.5 Å². The fraction of sp³-hybridized carbons (Fsp3) is 0.0476. The van der Waals surface area contributed by atoms with Crippen molar-refractivity contribution in [2.45, 2.75) is 0 Å². The van der Waals surface area contributed by atoms with Crippen molar-refractivity contribution in [2.75, 3.05) is 5.32 Å². The zero-order chi connectivity index (χ0) is 19.5. The van der Waals surface area contributed by atoms with E-state index in [-0.39, 0.29) is 17.4 Å². The topological polar surface area (TPSA) is 72.7 Å². The highest BCUT2D eigenvalue weighted by molar-refractivity contribution is 6.04. The number of hydrogen-bond acceptors (Lipinski definition) is 4. The van der Waals surface area contributed by atoms with Gasteiger partial charge in [-0.1, -0.05) is 24.3 Å². The van der Waals surface area contributed by atoms with E-state index in [9.17, 15) is 9.18 Å². The summed E-state index contributed by atoms with van der Waals surface area (Å²) in [5.41, 5.74) is 3.09. The minimum Gasteiger partial charge on any atom is -0.317 e. The van der Waals surface area contributed by atoms with Gasteiger partial charge >= 0.3 is 0 Å². The molecule has 0 unspecified atom stereocenters. The highest BCUT2D eigenvalue weighted by Crippen LogP contribution is 2.25. The number of aromatic nitrogens is 4. The minimum absolute atomic E-state index is 0.220. The summed E-state index contributed by atoms with van der Waals surface area (Å²) in [7, 11) is 1.77. The van der Waals surface area contributed by atoms with Gasteiger partial charge in [-0.25, -0.2) is 9.37 Å². The Hall–Kier alpha value is -3.87. The van der Waals surface area contributed by atoms with Crippen molar-refractivity contribution in [3.05, 3.63) is 84.6 Å². The maximum atomic E-state index is 13.5. The molecule has 4 aromatic rings. The minimum atomic E-state index is -0.386. The average molecular weight is 373 g/mol. The summed E-state index contributed by atoms with van der Waals surface area (Å²) < 4.78 is 15.1. The summed E-state index contributed by atoms with van der Waals surface area (Å²) in [4.78, 5) is 21.4. The molecule has 6 nitrogen and oxygen atoms in total. The van der Waals surface area contributed by atoms with Gasteiger partial charge in [-0.05, 0) is 36.4 Å². The predicted molar refractivity (Wildman–Crippen MR) is 104 cm³/mol. The van der Waals surface area contributed by atoms with Crippen LogP contribution in [0.15, 0.2) is 73.1 Å². The number of hydrogen-bond donors (Lipinski definition) is 1. The number of halogens is 1. The largest absolute Gasteiger partial charge is 0.317 e. The van der Waals surface area contributed by atoms with E-state index in [1.807, 2.05) is 18.2 Å². The molecule has 3 aromatic heterocycles. The first kappa shape index (κ1) is 17.5. The molecule has 0 atom stereocenters. The molecule has 3 heterocycles. The van der Waals surface area contributed by atoms with Crippen LogP contribution in [0.2, 0.25) is 0 Å². The third-order valence-electron chi connectivity index (χ3n) is 4.09. The quantitative estimate of drug-likeness (QED) is 0.588. The van der Waals surface area contributed by atoms with Gasteiger partial charge in [0.1, 0.15) is 17.2 Å².